The number of sulfonamides is 1. The summed E-state index contributed by atoms with van der Waals surface area (Å²) in [5.74, 6) is 0.0691. The Morgan fingerprint density at radius 1 is 1.21 bits per heavy atom. The van der Waals surface area contributed by atoms with Crippen LogP contribution in [0.5, 0.6) is 0 Å². The molecule has 2 aliphatic rings. The van der Waals surface area contributed by atoms with Gasteiger partial charge in [0.25, 0.3) is 0 Å². The van der Waals surface area contributed by atoms with Crippen LogP contribution in [0.15, 0.2) is 23.1 Å². The van der Waals surface area contributed by atoms with Crippen molar-refractivity contribution in [2.45, 2.75) is 44.1 Å². The first-order chi connectivity index (χ1) is 13.9. The molecule has 2 aliphatic heterocycles. The van der Waals surface area contributed by atoms with Gasteiger partial charge < -0.3 is 20.1 Å². The summed E-state index contributed by atoms with van der Waals surface area (Å²) < 4.78 is 38.3. The molecule has 8 nitrogen and oxygen atoms in total. The maximum Gasteiger partial charge on any atom is 0.243 e. The predicted molar refractivity (Wildman–Crippen MR) is 112 cm³/mol. The van der Waals surface area contributed by atoms with Crippen molar-refractivity contribution in [3.05, 3.63) is 18.2 Å². The average Bonchev–Trinajstić information content (AvgIpc) is 3.20. The zero-order valence-electron chi connectivity index (χ0n) is 17.1. The predicted octanol–water partition coefficient (Wildman–Crippen LogP) is 2.28. The number of hydrogen-bond acceptors (Lipinski definition) is 6. The number of rotatable bonds is 8. The molecule has 0 aromatic heterocycles. The largest absolute Gasteiger partial charge is 0.381 e. The Balaban J connectivity index is 1.82. The second kappa shape index (κ2) is 9.88. The zero-order valence-corrected chi connectivity index (χ0v) is 18.0. The van der Waals surface area contributed by atoms with Crippen molar-refractivity contribution in [1.82, 2.24) is 4.31 Å². The van der Waals surface area contributed by atoms with E-state index in [4.69, 9.17) is 9.47 Å². The number of carbonyl (C=O) groups excluding carboxylic acids is 1. The Kier molecular flexibility index (Phi) is 7.50. The highest BCUT2D eigenvalue weighted by atomic mass is 32.2. The summed E-state index contributed by atoms with van der Waals surface area (Å²) in [6.07, 6.45) is 2.53. The van der Waals surface area contributed by atoms with Gasteiger partial charge in [0.1, 0.15) is 0 Å². The molecule has 162 valence electrons. The van der Waals surface area contributed by atoms with Crippen LogP contribution in [-0.4, -0.2) is 64.2 Å². The maximum absolute atomic E-state index is 13.0. The molecule has 2 fully saturated rings. The van der Waals surface area contributed by atoms with E-state index in [1.807, 2.05) is 13.8 Å². The third-order valence-electron chi connectivity index (χ3n) is 5.01. The minimum absolute atomic E-state index is 0.131. The van der Waals surface area contributed by atoms with Crippen LogP contribution in [-0.2, 0) is 24.3 Å². The first kappa shape index (κ1) is 22.0. The standard InChI is InChI=1S/C20H31N3O5S/c1-15(2)12-20(24)22-19-13-17(29(25,26)23-7-10-27-11-8-23)5-6-18(19)21-14-16-4-3-9-28-16/h5-6,13,15-16,21H,3-4,7-12,14H2,1-2H3,(H,22,24). The van der Waals surface area contributed by atoms with E-state index < -0.39 is 10.0 Å². The lowest BCUT2D eigenvalue weighted by Crippen LogP contribution is -2.40. The van der Waals surface area contributed by atoms with Crippen molar-refractivity contribution in [2.75, 3.05) is 50.1 Å². The molecule has 0 radical (unpaired) electrons. The van der Waals surface area contributed by atoms with Crippen LogP contribution in [0.4, 0.5) is 11.4 Å². The van der Waals surface area contributed by atoms with Crippen molar-refractivity contribution in [3.8, 4) is 0 Å². The van der Waals surface area contributed by atoms with Crippen molar-refractivity contribution in [2.24, 2.45) is 5.92 Å². The summed E-state index contributed by atoms with van der Waals surface area (Å²) in [5, 5.41) is 6.19. The van der Waals surface area contributed by atoms with Crippen LogP contribution < -0.4 is 10.6 Å². The minimum atomic E-state index is -3.64. The third-order valence-corrected chi connectivity index (χ3v) is 6.91. The summed E-state index contributed by atoms with van der Waals surface area (Å²) in [6.45, 7) is 6.75. The van der Waals surface area contributed by atoms with E-state index in [1.54, 1.807) is 18.2 Å². The quantitative estimate of drug-likeness (QED) is 0.663. The molecule has 2 heterocycles. The van der Waals surface area contributed by atoms with Crippen molar-refractivity contribution in [3.63, 3.8) is 0 Å². The molecule has 1 atom stereocenters. The fourth-order valence-electron chi connectivity index (χ4n) is 3.48. The van der Waals surface area contributed by atoms with Gasteiger partial charge in [-0.2, -0.15) is 4.31 Å². The van der Waals surface area contributed by atoms with Crippen molar-refractivity contribution >= 4 is 27.3 Å². The molecule has 2 N–H and O–H groups in total. The number of nitrogens with zero attached hydrogens (tertiary/aromatic N) is 1. The lowest BCUT2D eigenvalue weighted by molar-refractivity contribution is -0.116. The summed E-state index contributed by atoms with van der Waals surface area (Å²) in [4.78, 5) is 12.5. The molecular formula is C20H31N3O5S. The number of nitrogens with one attached hydrogen (secondary N) is 2. The number of anilines is 2. The van der Waals surface area contributed by atoms with Gasteiger partial charge in [-0.25, -0.2) is 8.42 Å². The Hall–Kier alpha value is -1.68. The molecule has 3 rings (SSSR count). The molecular weight excluding hydrogens is 394 g/mol. The number of ether oxygens (including phenoxy) is 2. The molecule has 1 unspecified atom stereocenters. The van der Waals surface area contributed by atoms with Crippen LogP contribution in [0.1, 0.15) is 33.1 Å². The number of morpholine rings is 1. The Labute approximate surface area is 173 Å². The number of benzene rings is 1. The highest BCUT2D eigenvalue weighted by Crippen LogP contribution is 2.28. The second-order valence-electron chi connectivity index (χ2n) is 7.89. The average molecular weight is 426 g/mol. The molecule has 0 spiro atoms. The highest BCUT2D eigenvalue weighted by molar-refractivity contribution is 7.89. The zero-order chi connectivity index (χ0) is 20.9. The van der Waals surface area contributed by atoms with E-state index in [0.29, 0.717) is 50.6 Å². The SMILES string of the molecule is CC(C)CC(=O)Nc1cc(S(=O)(=O)N2CCOCC2)ccc1NCC1CCCO1. The molecule has 9 heteroatoms. The summed E-state index contributed by atoms with van der Waals surface area (Å²) in [6, 6.07) is 4.84. The van der Waals surface area contributed by atoms with E-state index in [2.05, 4.69) is 10.6 Å². The van der Waals surface area contributed by atoms with Crippen LogP contribution >= 0.6 is 0 Å². The van der Waals surface area contributed by atoms with Crippen LogP contribution in [0.25, 0.3) is 0 Å². The van der Waals surface area contributed by atoms with Gasteiger partial charge in [-0.15, -0.1) is 0 Å². The number of hydrogen-bond donors (Lipinski definition) is 2. The van der Waals surface area contributed by atoms with E-state index in [1.165, 1.54) is 4.31 Å². The topological polar surface area (TPSA) is 97.0 Å². The monoisotopic (exact) mass is 425 g/mol. The smallest absolute Gasteiger partial charge is 0.243 e. The summed E-state index contributed by atoms with van der Waals surface area (Å²) >= 11 is 0. The molecule has 0 aliphatic carbocycles. The minimum Gasteiger partial charge on any atom is -0.381 e. The van der Waals surface area contributed by atoms with Crippen LogP contribution in [0, 0.1) is 5.92 Å². The molecule has 29 heavy (non-hydrogen) atoms. The van der Waals surface area contributed by atoms with Gasteiger partial charge in [0.15, 0.2) is 0 Å². The molecule has 1 amide bonds. The van der Waals surface area contributed by atoms with Crippen LogP contribution in [0.2, 0.25) is 0 Å². The third kappa shape index (κ3) is 5.91. The normalized spacial score (nSPS) is 20.7. The molecule has 2 saturated heterocycles. The van der Waals surface area contributed by atoms with Gasteiger partial charge in [0.05, 0.1) is 35.6 Å². The summed E-state index contributed by atoms with van der Waals surface area (Å²) in [5.41, 5.74) is 1.17. The van der Waals surface area contributed by atoms with Gasteiger partial charge in [0.2, 0.25) is 15.9 Å². The lowest BCUT2D eigenvalue weighted by atomic mass is 10.1. The molecule has 1 aromatic carbocycles. The first-order valence-corrected chi connectivity index (χ1v) is 11.7. The van der Waals surface area contributed by atoms with Gasteiger partial charge in [-0.05, 0) is 37.0 Å². The van der Waals surface area contributed by atoms with E-state index in [9.17, 15) is 13.2 Å². The Morgan fingerprint density at radius 3 is 2.62 bits per heavy atom. The molecule has 1 aromatic rings. The fraction of sp³-hybridized carbons (Fsp3) is 0.650. The highest BCUT2D eigenvalue weighted by Gasteiger charge is 2.27. The number of carbonyl (C=O) groups is 1. The van der Waals surface area contributed by atoms with Crippen molar-refractivity contribution < 1.29 is 22.7 Å². The van der Waals surface area contributed by atoms with Gasteiger partial charge in [-0.1, -0.05) is 13.8 Å². The Bertz CT molecular complexity index is 800. The van der Waals surface area contributed by atoms with Gasteiger partial charge >= 0.3 is 0 Å². The van der Waals surface area contributed by atoms with Crippen molar-refractivity contribution in [1.29, 1.82) is 0 Å². The van der Waals surface area contributed by atoms with Crippen LogP contribution in [0.3, 0.4) is 0 Å². The lowest BCUT2D eigenvalue weighted by Gasteiger charge is -2.26. The van der Waals surface area contributed by atoms with E-state index in [-0.39, 0.29) is 22.8 Å². The molecule has 0 bridgehead atoms. The summed E-state index contributed by atoms with van der Waals surface area (Å²) in [7, 11) is -3.64. The van der Waals surface area contributed by atoms with E-state index >= 15 is 0 Å². The molecule has 0 saturated carbocycles. The number of amides is 1. The van der Waals surface area contributed by atoms with Gasteiger partial charge in [-0.3, -0.25) is 4.79 Å². The Morgan fingerprint density at radius 2 is 1.97 bits per heavy atom. The van der Waals surface area contributed by atoms with E-state index in [0.717, 1.165) is 19.4 Å². The maximum atomic E-state index is 13.0. The fourth-order valence-corrected chi connectivity index (χ4v) is 4.91. The first-order valence-electron chi connectivity index (χ1n) is 10.2. The second-order valence-corrected chi connectivity index (χ2v) is 9.82. The van der Waals surface area contributed by atoms with Gasteiger partial charge in [0, 0.05) is 32.7 Å².